The number of carbonyl (C=O) groups is 4. The van der Waals surface area contributed by atoms with E-state index in [0.717, 1.165) is 11.1 Å². The van der Waals surface area contributed by atoms with E-state index in [2.05, 4.69) is 0 Å². The van der Waals surface area contributed by atoms with E-state index in [0.29, 0.717) is 48.9 Å². The lowest BCUT2D eigenvalue weighted by atomic mass is 9.74. The number of carboxylic acid groups (broad SMARTS) is 2. The van der Waals surface area contributed by atoms with Crippen LogP contribution in [-0.4, -0.2) is 56.9 Å². The van der Waals surface area contributed by atoms with Crippen molar-refractivity contribution in [3.8, 4) is 23.0 Å². The Morgan fingerprint density at radius 1 is 0.635 bits per heavy atom. The molecule has 0 aliphatic heterocycles. The third-order valence-electron chi connectivity index (χ3n) is 9.50. The Labute approximate surface area is 304 Å². The Morgan fingerprint density at radius 2 is 1.06 bits per heavy atom. The number of para-hydroxylation sites is 2. The average molecular weight is 707 g/mol. The van der Waals surface area contributed by atoms with E-state index >= 15 is 0 Å². The van der Waals surface area contributed by atoms with Crippen LogP contribution in [0.25, 0.3) is 0 Å². The molecule has 0 bridgehead atoms. The zero-order chi connectivity index (χ0) is 37.1. The van der Waals surface area contributed by atoms with Gasteiger partial charge in [-0.05, 0) is 85.3 Å². The van der Waals surface area contributed by atoms with Crippen molar-refractivity contribution in [3.05, 3.63) is 120 Å². The Bertz CT molecular complexity index is 1800. The Balaban J connectivity index is 1.34. The van der Waals surface area contributed by atoms with Gasteiger partial charge in [0.25, 0.3) is 0 Å². The van der Waals surface area contributed by atoms with E-state index in [1.807, 2.05) is 111 Å². The number of aliphatic carboxylic acids is 2. The van der Waals surface area contributed by atoms with Crippen LogP contribution in [0, 0.1) is 17.3 Å². The summed E-state index contributed by atoms with van der Waals surface area (Å²) >= 11 is 0. The molecule has 5 rings (SSSR count). The first kappa shape index (κ1) is 37.6. The van der Waals surface area contributed by atoms with E-state index in [4.69, 9.17) is 9.47 Å². The summed E-state index contributed by atoms with van der Waals surface area (Å²) in [5.74, 6) is -2.81. The number of carbonyl (C=O) groups excluding carboxylic acids is 2. The van der Waals surface area contributed by atoms with Gasteiger partial charge in [0, 0.05) is 32.1 Å². The van der Waals surface area contributed by atoms with E-state index < -0.39 is 41.5 Å². The van der Waals surface area contributed by atoms with Crippen molar-refractivity contribution in [2.75, 3.05) is 13.1 Å². The number of hydrogen-bond donors (Lipinski definition) is 2. The molecule has 0 radical (unpaired) electrons. The molecule has 10 heteroatoms. The van der Waals surface area contributed by atoms with E-state index in [-0.39, 0.29) is 31.8 Å². The predicted octanol–water partition coefficient (Wildman–Crippen LogP) is 8.02. The molecule has 272 valence electrons. The van der Waals surface area contributed by atoms with Crippen molar-refractivity contribution in [1.29, 1.82) is 0 Å². The zero-order valence-electron chi connectivity index (χ0n) is 29.6. The van der Waals surface area contributed by atoms with Crippen molar-refractivity contribution >= 4 is 23.8 Å². The van der Waals surface area contributed by atoms with Crippen molar-refractivity contribution in [1.82, 2.24) is 9.80 Å². The van der Waals surface area contributed by atoms with Gasteiger partial charge in [-0.2, -0.15) is 0 Å². The summed E-state index contributed by atoms with van der Waals surface area (Å²) < 4.78 is 11.8. The summed E-state index contributed by atoms with van der Waals surface area (Å²) in [7, 11) is 0. The molecule has 0 spiro atoms. The van der Waals surface area contributed by atoms with Gasteiger partial charge in [-0.3, -0.25) is 19.2 Å². The van der Waals surface area contributed by atoms with Crippen molar-refractivity contribution in [2.45, 2.75) is 59.0 Å². The zero-order valence-corrected chi connectivity index (χ0v) is 29.6. The molecule has 52 heavy (non-hydrogen) atoms. The van der Waals surface area contributed by atoms with Crippen LogP contribution >= 0.6 is 0 Å². The third kappa shape index (κ3) is 9.37. The Morgan fingerprint density at radius 3 is 1.46 bits per heavy atom. The molecule has 10 nitrogen and oxygen atoms in total. The molecule has 4 aromatic rings. The minimum absolute atomic E-state index is 0.0502. The highest BCUT2D eigenvalue weighted by Crippen LogP contribution is 2.51. The summed E-state index contributed by atoms with van der Waals surface area (Å²) in [5.41, 5.74) is -0.268. The number of amides is 2. The van der Waals surface area contributed by atoms with Crippen molar-refractivity contribution in [3.63, 3.8) is 0 Å². The van der Waals surface area contributed by atoms with Gasteiger partial charge in [0.2, 0.25) is 11.8 Å². The van der Waals surface area contributed by atoms with Crippen molar-refractivity contribution in [2.24, 2.45) is 17.3 Å². The predicted molar refractivity (Wildman–Crippen MR) is 196 cm³/mol. The van der Waals surface area contributed by atoms with Gasteiger partial charge >= 0.3 is 11.9 Å². The molecule has 0 saturated heterocycles. The fraction of sp³-hybridized carbons (Fsp3) is 0.333. The van der Waals surface area contributed by atoms with Gasteiger partial charge in [-0.15, -0.1) is 0 Å². The maximum absolute atomic E-state index is 14.4. The summed E-state index contributed by atoms with van der Waals surface area (Å²) in [4.78, 5) is 57.0. The molecule has 1 saturated carbocycles. The largest absolute Gasteiger partial charge is 0.481 e. The van der Waals surface area contributed by atoms with Gasteiger partial charge in [-0.1, -0.05) is 74.5 Å². The van der Waals surface area contributed by atoms with Crippen LogP contribution in [0.2, 0.25) is 0 Å². The second-order valence-electron chi connectivity index (χ2n) is 13.4. The maximum Gasteiger partial charge on any atom is 0.311 e. The molecule has 1 fully saturated rings. The fourth-order valence-corrected chi connectivity index (χ4v) is 7.05. The molecule has 0 unspecified atom stereocenters. The highest BCUT2D eigenvalue weighted by atomic mass is 16.5. The summed E-state index contributed by atoms with van der Waals surface area (Å²) in [6, 6.07) is 33.5. The molecule has 2 amide bonds. The molecule has 1 aliphatic carbocycles. The van der Waals surface area contributed by atoms with Crippen LogP contribution in [0.15, 0.2) is 109 Å². The van der Waals surface area contributed by atoms with Gasteiger partial charge in [0.05, 0.1) is 17.8 Å². The van der Waals surface area contributed by atoms with Gasteiger partial charge < -0.3 is 29.5 Å². The lowest BCUT2D eigenvalue weighted by Gasteiger charge is -2.33. The quantitative estimate of drug-likeness (QED) is 0.113. The first-order chi connectivity index (χ1) is 25.1. The number of benzene rings is 4. The smallest absolute Gasteiger partial charge is 0.311 e. The van der Waals surface area contributed by atoms with Crippen LogP contribution in [0.5, 0.6) is 23.0 Å². The van der Waals surface area contributed by atoms with Crippen LogP contribution in [-0.2, 0) is 32.3 Å². The minimum Gasteiger partial charge on any atom is -0.481 e. The summed E-state index contributed by atoms with van der Waals surface area (Å²) in [6.07, 6.45) is 0.221. The number of hydrogen-bond acceptors (Lipinski definition) is 6. The number of ether oxygens (including phenoxy) is 2. The van der Waals surface area contributed by atoms with E-state index in [1.165, 1.54) is 0 Å². The standard InChI is InChI=1S/C42H46N2O8/c1-3-23-43(28-30-15-19-35(20-16-30)51-33-11-7-5-8-12-33)39(47)32-25-37(42(26-32,41(49)50)27-38(45)46)40(48)44(24-4-2)29-31-17-21-36(22-18-31)52-34-13-9-6-10-14-34/h5-22,32,37H,3-4,23-29H2,1-2H3,(H,45,46)(H,49,50)/t32-,37-,42-/m0/s1. The van der Waals surface area contributed by atoms with Gasteiger partial charge in [0.1, 0.15) is 23.0 Å². The Kier molecular flexibility index (Phi) is 12.7. The first-order valence-corrected chi connectivity index (χ1v) is 17.8. The molecule has 2 N–H and O–H groups in total. The van der Waals surface area contributed by atoms with Crippen molar-refractivity contribution < 1.29 is 38.9 Å². The van der Waals surface area contributed by atoms with Crippen LogP contribution in [0.1, 0.15) is 57.1 Å². The normalized spacial score (nSPS) is 18.0. The third-order valence-corrected chi connectivity index (χ3v) is 9.50. The molecular formula is C42H46N2O8. The molecular weight excluding hydrogens is 660 g/mol. The number of carboxylic acids is 2. The second-order valence-corrected chi connectivity index (χ2v) is 13.4. The SMILES string of the molecule is CCCN(Cc1ccc(Oc2ccccc2)cc1)C(=O)[C@H]1C[C@@H](C(=O)N(CCC)Cc2ccc(Oc3ccccc3)cc2)[C@](CC(=O)O)(C(=O)O)C1. The van der Waals surface area contributed by atoms with Crippen LogP contribution in [0.4, 0.5) is 0 Å². The van der Waals surface area contributed by atoms with Crippen LogP contribution < -0.4 is 9.47 Å². The summed E-state index contributed by atoms with van der Waals surface area (Å²) in [5, 5.41) is 20.5. The van der Waals surface area contributed by atoms with Crippen LogP contribution in [0.3, 0.4) is 0 Å². The fourth-order valence-electron chi connectivity index (χ4n) is 7.05. The average Bonchev–Trinajstić information content (AvgIpc) is 3.53. The first-order valence-electron chi connectivity index (χ1n) is 17.8. The highest BCUT2D eigenvalue weighted by Gasteiger charge is 2.59. The molecule has 1 aliphatic rings. The van der Waals surface area contributed by atoms with Gasteiger partial charge in [-0.25, -0.2) is 0 Å². The van der Waals surface area contributed by atoms with Gasteiger partial charge in [0.15, 0.2) is 0 Å². The molecule has 0 aromatic heterocycles. The monoisotopic (exact) mass is 706 g/mol. The summed E-state index contributed by atoms with van der Waals surface area (Å²) in [6.45, 7) is 5.10. The van der Waals surface area contributed by atoms with E-state index in [9.17, 15) is 29.4 Å². The highest BCUT2D eigenvalue weighted by molar-refractivity contribution is 5.93. The number of nitrogens with zero attached hydrogens (tertiary/aromatic N) is 2. The maximum atomic E-state index is 14.4. The Hall–Kier alpha value is -5.64. The lowest BCUT2D eigenvalue weighted by Crippen LogP contribution is -2.46. The minimum atomic E-state index is -1.93. The molecule has 0 heterocycles. The molecule has 4 aromatic carbocycles. The topological polar surface area (TPSA) is 134 Å². The number of rotatable bonds is 17. The van der Waals surface area contributed by atoms with E-state index in [1.54, 1.807) is 21.9 Å². The lowest BCUT2D eigenvalue weighted by molar-refractivity contribution is -0.163. The second kappa shape index (κ2) is 17.5. The molecule has 3 atom stereocenters.